The Morgan fingerprint density at radius 2 is 1.83 bits per heavy atom. The number of amides is 1. The van der Waals surface area contributed by atoms with Crippen molar-refractivity contribution in [1.82, 2.24) is 19.7 Å². The van der Waals surface area contributed by atoms with Crippen LogP contribution in [-0.2, 0) is 4.79 Å². The van der Waals surface area contributed by atoms with Gasteiger partial charge in [0, 0.05) is 18.7 Å². The highest BCUT2D eigenvalue weighted by molar-refractivity contribution is 8.00. The number of hydrogen-bond acceptors (Lipinski definition) is 4. The molecule has 5 nitrogen and oxygen atoms in total. The molecule has 1 aromatic heterocycles. The summed E-state index contributed by atoms with van der Waals surface area (Å²) in [6.45, 7) is 7.77. The minimum atomic E-state index is -0.240. The van der Waals surface area contributed by atoms with Crippen LogP contribution in [-0.4, -0.2) is 43.9 Å². The fourth-order valence-corrected chi connectivity index (χ4v) is 4.91. The minimum absolute atomic E-state index is 0.160. The van der Waals surface area contributed by atoms with Gasteiger partial charge in [0.2, 0.25) is 5.91 Å². The van der Waals surface area contributed by atoms with Gasteiger partial charge in [0.15, 0.2) is 11.0 Å². The van der Waals surface area contributed by atoms with Gasteiger partial charge in [-0.25, -0.2) is 0 Å². The summed E-state index contributed by atoms with van der Waals surface area (Å²) in [5, 5.41) is 10.0. The number of nitrogens with zero attached hydrogens (tertiary/aromatic N) is 4. The predicted molar refractivity (Wildman–Crippen MR) is 122 cm³/mol. The summed E-state index contributed by atoms with van der Waals surface area (Å²) in [7, 11) is 0. The topological polar surface area (TPSA) is 51.0 Å². The third-order valence-electron chi connectivity index (χ3n) is 5.40. The Balaban J connectivity index is 1.78. The first-order valence-electron chi connectivity index (χ1n) is 10.2. The molecule has 0 saturated carbocycles. The maximum absolute atomic E-state index is 12.9. The van der Waals surface area contributed by atoms with E-state index in [-0.39, 0.29) is 11.2 Å². The first kappa shape index (κ1) is 20.9. The molecule has 1 atom stereocenters. The van der Waals surface area contributed by atoms with E-state index in [9.17, 15) is 4.79 Å². The molecule has 0 aliphatic carbocycles. The Labute approximate surface area is 186 Å². The second-order valence-electron chi connectivity index (χ2n) is 7.70. The molecule has 0 spiro atoms. The summed E-state index contributed by atoms with van der Waals surface area (Å²) < 4.78 is 2.03. The molecule has 1 unspecified atom stereocenters. The molecule has 3 aromatic rings. The number of carbonyl (C=O) groups is 1. The Bertz CT molecular complexity index is 1070. The standard InChI is InChI=1S/C23H25ClN4OS/c1-15-10-11-16(2)20(14-15)28-21(18-8-4-5-9-19(18)24)25-26-23(28)30-17(3)22(29)27-12-6-7-13-27/h4-5,8-11,14,17H,6-7,12-13H2,1-3H3. The van der Waals surface area contributed by atoms with Crippen molar-refractivity contribution in [2.24, 2.45) is 0 Å². The average molecular weight is 441 g/mol. The highest BCUT2D eigenvalue weighted by Crippen LogP contribution is 2.35. The van der Waals surface area contributed by atoms with E-state index in [1.807, 2.05) is 40.7 Å². The van der Waals surface area contributed by atoms with Gasteiger partial charge in [-0.3, -0.25) is 9.36 Å². The summed E-state index contributed by atoms with van der Waals surface area (Å²) in [6, 6.07) is 13.9. The lowest BCUT2D eigenvalue weighted by atomic mass is 10.1. The summed E-state index contributed by atoms with van der Waals surface area (Å²) in [5.74, 6) is 0.838. The minimum Gasteiger partial charge on any atom is -0.342 e. The van der Waals surface area contributed by atoms with Crippen LogP contribution in [0, 0.1) is 13.8 Å². The molecule has 1 aliphatic heterocycles. The number of carbonyl (C=O) groups excluding carboxylic acids is 1. The van der Waals surface area contributed by atoms with Crippen molar-refractivity contribution < 1.29 is 4.79 Å². The van der Waals surface area contributed by atoms with Crippen LogP contribution < -0.4 is 0 Å². The first-order valence-corrected chi connectivity index (χ1v) is 11.4. The second kappa shape index (κ2) is 8.82. The molecule has 1 fully saturated rings. The van der Waals surface area contributed by atoms with Crippen molar-refractivity contribution in [3.63, 3.8) is 0 Å². The highest BCUT2D eigenvalue weighted by atomic mass is 35.5. The summed E-state index contributed by atoms with van der Waals surface area (Å²) in [6.07, 6.45) is 2.16. The van der Waals surface area contributed by atoms with Crippen LogP contribution in [0.5, 0.6) is 0 Å². The van der Waals surface area contributed by atoms with Gasteiger partial charge >= 0.3 is 0 Å². The molecule has 7 heteroatoms. The Morgan fingerprint density at radius 3 is 2.57 bits per heavy atom. The number of thioether (sulfide) groups is 1. The Kier molecular flexibility index (Phi) is 6.16. The van der Waals surface area contributed by atoms with Crippen LogP contribution in [0.25, 0.3) is 17.1 Å². The Hall–Kier alpha value is -2.31. The zero-order valence-electron chi connectivity index (χ0n) is 17.4. The van der Waals surface area contributed by atoms with Crippen molar-refractivity contribution in [1.29, 1.82) is 0 Å². The predicted octanol–water partition coefficient (Wildman–Crippen LogP) is 5.31. The smallest absolute Gasteiger partial charge is 0.235 e. The van der Waals surface area contributed by atoms with Gasteiger partial charge in [-0.1, -0.05) is 47.6 Å². The number of halogens is 1. The van der Waals surface area contributed by atoms with Crippen LogP contribution in [0.2, 0.25) is 5.02 Å². The van der Waals surface area contributed by atoms with Crippen LogP contribution in [0.1, 0.15) is 30.9 Å². The van der Waals surface area contributed by atoms with Crippen LogP contribution >= 0.6 is 23.4 Å². The summed E-state index contributed by atoms with van der Waals surface area (Å²) in [4.78, 5) is 14.8. The van der Waals surface area contributed by atoms with Gasteiger partial charge in [0.1, 0.15) is 0 Å². The van der Waals surface area contributed by atoms with Crippen molar-refractivity contribution in [3.8, 4) is 17.1 Å². The molecule has 1 amide bonds. The van der Waals surface area contributed by atoms with Crippen LogP contribution in [0.3, 0.4) is 0 Å². The van der Waals surface area contributed by atoms with Gasteiger partial charge in [-0.2, -0.15) is 0 Å². The van der Waals surface area contributed by atoms with E-state index in [1.54, 1.807) is 0 Å². The number of hydrogen-bond donors (Lipinski definition) is 0. The van der Waals surface area contributed by atoms with Crippen molar-refractivity contribution >= 4 is 29.3 Å². The fraction of sp³-hybridized carbons (Fsp3) is 0.348. The maximum atomic E-state index is 12.9. The normalized spacial score (nSPS) is 14.9. The number of rotatable bonds is 5. The number of benzene rings is 2. The molecule has 1 aliphatic rings. The van der Waals surface area contributed by atoms with Gasteiger partial charge in [0.25, 0.3) is 0 Å². The SMILES string of the molecule is Cc1ccc(C)c(-n2c(SC(C)C(=O)N3CCCC3)nnc2-c2ccccc2Cl)c1. The molecule has 2 aromatic carbocycles. The quantitative estimate of drug-likeness (QED) is 0.504. The first-order chi connectivity index (χ1) is 14.5. The second-order valence-corrected chi connectivity index (χ2v) is 9.42. The lowest BCUT2D eigenvalue weighted by molar-refractivity contribution is -0.129. The van der Waals surface area contributed by atoms with Crippen LogP contribution in [0.15, 0.2) is 47.6 Å². The van der Waals surface area contributed by atoms with Gasteiger partial charge < -0.3 is 4.90 Å². The molecule has 156 valence electrons. The third-order valence-corrected chi connectivity index (χ3v) is 6.76. The number of likely N-dealkylation sites (tertiary alicyclic amines) is 1. The zero-order chi connectivity index (χ0) is 21.3. The molecule has 0 bridgehead atoms. The fourth-order valence-electron chi connectivity index (χ4n) is 3.74. The van der Waals surface area contributed by atoms with Gasteiger partial charge in [-0.05, 0) is 62.9 Å². The average Bonchev–Trinajstić information content (AvgIpc) is 3.40. The largest absolute Gasteiger partial charge is 0.342 e. The lowest BCUT2D eigenvalue weighted by Gasteiger charge is -2.20. The number of aryl methyl sites for hydroxylation is 2. The molecular formula is C23H25ClN4OS. The van der Waals surface area contributed by atoms with Crippen LogP contribution in [0.4, 0.5) is 0 Å². The highest BCUT2D eigenvalue weighted by Gasteiger charge is 2.27. The number of aromatic nitrogens is 3. The van der Waals surface area contributed by atoms with E-state index in [0.29, 0.717) is 16.0 Å². The summed E-state index contributed by atoms with van der Waals surface area (Å²) >= 11 is 7.94. The maximum Gasteiger partial charge on any atom is 0.235 e. The van der Waals surface area contributed by atoms with Gasteiger partial charge in [0.05, 0.1) is 16.0 Å². The molecule has 30 heavy (non-hydrogen) atoms. The molecule has 1 saturated heterocycles. The van der Waals surface area contributed by atoms with E-state index in [1.165, 1.54) is 11.8 Å². The molecule has 0 N–H and O–H groups in total. The zero-order valence-corrected chi connectivity index (χ0v) is 19.0. The van der Waals surface area contributed by atoms with E-state index in [0.717, 1.165) is 48.3 Å². The van der Waals surface area contributed by atoms with Crippen molar-refractivity contribution in [3.05, 3.63) is 58.6 Å². The van der Waals surface area contributed by atoms with Gasteiger partial charge in [-0.15, -0.1) is 10.2 Å². The monoisotopic (exact) mass is 440 g/mol. The lowest BCUT2D eigenvalue weighted by Crippen LogP contribution is -2.34. The third kappa shape index (κ3) is 4.12. The van der Waals surface area contributed by atoms with Crippen molar-refractivity contribution in [2.45, 2.75) is 44.0 Å². The molecule has 2 heterocycles. The van der Waals surface area contributed by atoms with E-state index in [2.05, 4.69) is 42.2 Å². The van der Waals surface area contributed by atoms with E-state index >= 15 is 0 Å². The van der Waals surface area contributed by atoms with E-state index in [4.69, 9.17) is 11.6 Å². The molecule has 4 rings (SSSR count). The molecular weight excluding hydrogens is 416 g/mol. The summed E-state index contributed by atoms with van der Waals surface area (Å²) in [5.41, 5.74) is 4.07. The Morgan fingerprint density at radius 1 is 1.10 bits per heavy atom. The van der Waals surface area contributed by atoms with E-state index < -0.39 is 0 Å². The van der Waals surface area contributed by atoms with Crippen molar-refractivity contribution in [2.75, 3.05) is 13.1 Å². The molecule has 0 radical (unpaired) electrons.